The van der Waals surface area contributed by atoms with E-state index in [1.54, 1.807) is 18.7 Å². The Hall–Kier alpha value is -2.47. The van der Waals surface area contributed by atoms with Gasteiger partial charge in [0, 0.05) is 31.4 Å². The molecule has 0 spiro atoms. The fourth-order valence-electron chi connectivity index (χ4n) is 3.58. The van der Waals surface area contributed by atoms with Crippen LogP contribution in [0, 0.1) is 0 Å². The maximum atomic E-state index is 10.5. The van der Waals surface area contributed by atoms with Crippen molar-refractivity contribution < 1.29 is 9.52 Å². The van der Waals surface area contributed by atoms with Gasteiger partial charge in [0.25, 0.3) is 0 Å². The zero-order valence-electron chi connectivity index (χ0n) is 14.1. The Morgan fingerprint density at radius 3 is 2.96 bits per heavy atom. The van der Waals surface area contributed by atoms with E-state index in [9.17, 15) is 5.11 Å². The first-order valence-electron chi connectivity index (χ1n) is 8.87. The predicted molar refractivity (Wildman–Crippen MR) is 95.2 cm³/mol. The van der Waals surface area contributed by atoms with Crippen molar-refractivity contribution in [1.29, 1.82) is 0 Å². The van der Waals surface area contributed by atoms with Crippen molar-refractivity contribution in [3.05, 3.63) is 48.7 Å². The van der Waals surface area contributed by atoms with Crippen molar-refractivity contribution >= 4 is 17.0 Å². The summed E-state index contributed by atoms with van der Waals surface area (Å²) in [6, 6.07) is 7.84. The van der Waals surface area contributed by atoms with Crippen LogP contribution in [0.1, 0.15) is 44.0 Å². The van der Waals surface area contributed by atoms with Crippen molar-refractivity contribution in [3.63, 3.8) is 0 Å². The fraction of sp³-hybridized carbons (Fsp3) is 0.421. The zero-order valence-corrected chi connectivity index (χ0v) is 14.1. The molecule has 25 heavy (non-hydrogen) atoms. The average molecular weight is 338 g/mol. The minimum atomic E-state index is -0.596. The number of nitrogens with zero attached hydrogens (tertiary/aromatic N) is 4. The molecular formula is C19H22N4O2. The van der Waals surface area contributed by atoms with Gasteiger partial charge in [-0.25, -0.2) is 9.97 Å². The second kappa shape index (κ2) is 7.19. The van der Waals surface area contributed by atoms with Gasteiger partial charge in [-0.05, 0) is 37.1 Å². The lowest BCUT2D eigenvalue weighted by Crippen LogP contribution is -2.36. The molecule has 6 heteroatoms. The number of aromatic nitrogens is 3. The van der Waals surface area contributed by atoms with Crippen LogP contribution in [0.4, 0.5) is 5.82 Å². The first-order chi connectivity index (χ1) is 12.3. The number of furan rings is 1. The van der Waals surface area contributed by atoms with E-state index in [-0.39, 0.29) is 6.04 Å². The third-order valence-electron chi connectivity index (χ3n) is 4.86. The van der Waals surface area contributed by atoms with Gasteiger partial charge in [0.15, 0.2) is 5.65 Å². The van der Waals surface area contributed by atoms with E-state index in [1.807, 2.05) is 24.3 Å². The fourth-order valence-corrected chi connectivity index (χ4v) is 3.58. The monoisotopic (exact) mass is 338 g/mol. The highest BCUT2D eigenvalue weighted by Crippen LogP contribution is 2.30. The summed E-state index contributed by atoms with van der Waals surface area (Å²) in [6.45, 7) is 0.939. The largest absolute Gasteiger partial charge is 0.467 e. The number of aliphatic hydroxyl groups is 1. The van der Waals surface area contributed by atoms with E-state index in [4.69, 9.17) is 9.40 Å². The molecule has 3 aromatic heterocycles. The van der Waals surface area contributed by atoms with Gasteiger partial charge in [0.2, 0.25) is 0 Å². The van der Waals surface area contributed by atoms with Gasteiger partial charge in [-0.3, -0.25) is 4.98 Å². The number of hydrogen-bond donors (Lipinski definition) is 1. The molecule has 0 aliphatic carbocycles. The van der Waals surface area contributed by atoms with Crippen molar-refractivity contribution in [1.82, 2.24) is 15.0 Å². The van der Waals surface area contributed by atoms with E-state index in [1.165, 1.54) is 12.8 Å². The lowest BCUT2D eigenvalue weighted by molar-refractivity contribution is 0.129. The Morgan fingerprint density at radius 2 is 2.08 bits per heavy atom. The van der Waals surface area contributed by atoms with Crippen LogP contribution >= 0.6 is 0 Å². The molecule has 130 valence electrons. The molecule has 0 radical (unpaired) electrons. The minimum absolute atomic E-state index is 0.226. The number of pyridine rings is 1. The van der Waals surface area contributed by atoms with Gasteiger partial charge in [0.1, 0.15) is 23.2 Å². The van der Waals surface area contributed by atoms with Gasteiger partial charge in [-0.15, -0.1) is 0 Å². The minimum Gasteiger partial charge on any atom is -0.467 e. The Balaban J connectivity index is 1.61. The maximum absolute atomic E-state index is 10.5. The standard InChI is InChI=1S/C19H22N4O2/c24-16(17-6-4-12-25-17)13-14-5-2-1-3-11-23(14)18-8-7-15-19(22-18)21-10-9-20-15/h4,6-10,12,14,16,24H,1-3,5,11,13H2/t14-,16-/m0/s1. The van der Waals surface area contributed by atoms with Crippen molar-refractivity contribution in [2.45, 2.75) is 44.2 Å². The van der Waals surface area contributed by atoms with Crippen LogP contribution in [0.15, 0.2) is 47.3 Å². The van der Waals surface area contributed by atoms with E-state index < -0.39 is 6.10 Å². The molecule has 1 fully saturated rings. The van der Waals surface area contributed by atoms with E-state index in [0.29, 0.717) is 17.8 Å². The third kappa shape index (κ3) is 3.49. The lowest BCUT2D eigenvalue weighted by atomic mass is 10.0. The summed E-state index contributed by atoms with van der Waals surface area (Å²) in [5, 5.41) is 10.5. The summed E-state index contributed by atoms with van der Waals surface area (Å²) in [4.78, 5) is 15.6. The maximum Gasteiger partial charge on any atom is 0.180 e. The van der Waals surface area contributed by atoms with Crippen LogP contribution in [0.5, 0.6) is 0 Å². The van der Waals surface area contributed by atoms with E-state index in [0.717, 1.165) is 30.7 Å². The Kier molecular flexibility index (Phi) is 4.61. The second-order valence-electron chi connectivity index (χ2n) is 6.53. The zero-order chi connectivity index (χ0) is 17.1. The molecule has 1 aliphatic heterocycles. The van der Waals surface area contributed by atoms with Crippen LogP contribution in [-0.4, -0.2) is 32.6 Å². The van der Waals surface area contributed by atoms with Gasteiger partial charge < -0.3 is 14.4 Å². The summed E-state index contributed by atoms with van der Waals surface area (Å²) < 4.78 is 5.36. The molecule has 1 saturated heterocycles. The highest BCUT2D eigenvalue weighted by atomic mass is 16.4. The van der Waals surface area contributed by atoms with Crippen molar-refractivity contribution in [2.24, 2.45) is 0 Å². The smallest absolute Gasteiger partial charge is 0.180 e. The summed E-state index contributed by atoms with van der Waals surface area (Å²) in [5.41, 5.74) is 1.46. The normalized spacial score (nSPS) is 19.7. The SMILES string of the molecule is O[C@@H](C[C@@H]1CCCCCN1c1ccc2nccnc2n1)c1ccco1. The predicted octanol–water partition coefficient (Wildman–Crippen LogP) is 3.49. The highest BCUT2D eigenvalue weighted by molar-refractivity contribution is 5.71. The lowest BCUT2D eigenvalue weighted by Gasteiger charge is -2.32. The summed E-state index contributed by atoms with van der Waals surface area (Å²) >= 11 is 0. The van der Waals surface area contributed by atoms with E-state index in [2.05, 4.69) is 14.9 Å². The number of fused-ring (bicyclic) bond motifs is 1. The topological polar surface area (TPSA) is 75.3 Å². The van der Waals surface area contributed by atoms with Crippen LogP contribution in [0.2, 0.25) is 0 Å². The molecule has 0 amide bonds. The molecule has 0 aromatic carbocycles. The molecule has 4 heterocycles. The summed E-state index contributed by atoms with van der Waals surface area (Å²) in [6.07, 6.45) is 9.53. The van der Waals surface area contributed by atoms with Crippen molar-refractivity contribution in [2.75, 3.05) is 11.4 Å². The molecule has 6 nitrogen and oxygen atoms in total. The number of anilines is 1. The molecule has 2 atom stereocenters. The summed E-state index contributed by atoms with van der Waals surface area (Å²) in [5.74, 6) is 1.54. The number of aliphatic hydroxyl groups excluding tert-OH is 1. The van der Waals surface area contributed by atoms with Gasteiger partial charge in [-0.2, -0.15) is 0 Å². The highest BCUT2D eigenvalue weighted by Gasteiger charge is 2.26. The number of hydrogen-bond acceptors (Lipinski definition) is 6. The molecule has 0 unspecified atom stereocenters. The first-order valence-corrected chi connectivity index (χ1v) is 8.87. The third-order valence-corrected chi connectivity index (χ3v) is 4.86. The second-order valence-corrected chi connectivity index (χ2v) is 6.53. The van der Waals surface area contributed by atoms with Crippen LogP contribution in [-0.2, 0) is 0 Å². The first kappa shape index (κ1) is 16.0. The van der Waals surface area contributed by atoms with Crippen LogP contribution in [0.25, 0.3) is 11.2 Å². The molecule has 1 N–H and O–H groups in total. The molecule has 0 bridgehead atoms. The summed E-state index contributed by atoms with van der Waals surface area (Å²) in [7, 11) is 0. The van der Waals surface area contributed by atoms with Gasteiger partial charge >= 0.3 is 0 Å². The molecule has 3 aromatic rings. The molecule has 4 rings (SSSR count). The quantitative estimate of drug-likeness (QED) is 0.785. The van der Waals surface area contributed by atoms with Crippen LogP contribution in [0.3, 0.4) is 0 Å². The van der Waals surface area contributed by atoms with Crippen molar-refractivity contribution in [3.8, 4) is 0 Å². The van der Waals surface area contributed by atoms with Crippen LogP contribution < -0.4 is 4.90 Å². The van der Waals surface area contributed by atoms with Gasteiger partial charge in [-0.1, -0.05) is 12.8 Å². The molecule has 1 aliphatic rings. The molecular weight excluding hydrogens is 316 g/mol. The Labute approximate surface area is 146 Å². The molecule has 0 saturated carbocycles. The van der Waals surface area contributed by atoms with E-state index >= 15 is 0 Å². The Bertz CT molecular complexity index is 821. The Morgan fingerprint density at radius 1 is 1.16 bits per heavy atom. The number of rotatable bonds is 4. The average Bonchev–Trinajstić information content (AvgIpc) is 3.09. The van der Waals surface area contributed by atoms with Gasteiger partial charge in [0.05, 0.1) is 6.26 Å².